The number of benzene rings is 1. The number of thiophene rings is 1. The molecule has 2 fully saturated rings. The number of fused-ring (bicyclic) bond motifs is 3. The monoisotopic (exact) mass is 547 g/mol. The third kappa shape index (κ3) is 4.55. The number of nitrogens with one attached hydrogen (secondary N) is 1. The minimum atomic E-state index is -0.307. The van der Waals surface area contributed by atoms with E-state index in [1.807, 2.05) is 6.92 Å². The number of aliphatic hydroxyl groups is 1. The summed E-state index contributed by atoms with van der Waals surface area (Å²) in [6.07, 6.45) is 7.49. The molecular formula is C32H41N3O3S. The van der Waals surface area contributed by atoms with Crippen molar-refractivity contribution in [3.8, 4) is 5.75 Å². The molecule has 1 aromatic carbocycles. The highest BCUT2D eigenvalue weighted by molar-refractivity contribution is 7.19. The second-order valence-electron chi connectivity index (χ2n) is 12.4. The van der Waals surface area contributed by atoms with E-state index in [2.05, 4.69) is 55.1 Å². The zero-order chi connectivity index (χ0) is 27.5. The summed E-state index contributed by atoms with van der Waals surface area (Å²) >= 11 is 1.71. The SMILES string of the molecule is CCOc1cc(C(C)C)c(CC)cc1Nc1ncnc2sc3c(c12)CCC(C(=O)C1CC12CC(C)CC2O)C3. The Kier molecular flexibility index (Phi) is 6.95. The van der Waals surface area contributed by atoms with Crippen LogP contribution >= 0.6 is 11.3 Å². The van der Waals surface area contributed by atoms with Gasteiger partial charge in [0.15, 0.2) is 0 Å². The lowest BCUT2D eigenvalue weighted by Crippen LogP contribution is -2.27. The number of ether oxygens (including phenoxy) is 1. The molecule has 7 heteroatoms. The molecule has 0 aliphatic heterocycles. The molecule has 1 spiro atoms. The lowest BCUT2D eigenvalue weighted by atomic mass is 9.82. The normalized spacial score (nSPS) is 27.8. The fourth-order valence-corrected chi connectivity index (χ4v) is 8.77. The molecule has 3 aromatic rings. The van der Waals surface area contributed by atoms with E-state index in [4.69, 9.17) is 4.74 Å². The summed E-state index contributed by atoms with van der Waals surface area (Å²) in [5, 5.41) is 15.4. The number of carbonyl (C=O) groups is 1. The van der Waals surface area contributed by atoms with Gasteiger partial charge in [-0.25, -0.2) is 9.97 Å². The van der Waals surface area contributed by atoms with Crippen molar-refractivity contribution < 1.29 is 14.6 Å². The average Bonchev–Trinajstić information content (AvgIpc) is 3.39. The van der Waals surface area contributed by atoms with E-state index >= 15 is 0 Å². The Morgan fingerprint density at radius 3 is 2.77 bits per heavy atom. The molecule has 2 aromatic heterocycles. The number of Topliss-reactive ketones (excluding diaryl/α,β-unsaturated/α-hetero) is 1. The molecule has 3 aliphatic carbocycles. The van der Waals surface area contributed by atoms with Crippen LogP contribution in [-0.2, 0) is 24.1 Å². The number of anilines is 2. The zero-order valence-electron chi connectivity index (χ0n) is 23.8. The van der Waals surface area contributed by atoms with Gasteiger partial charge in [0, 0.05) is 22.1 Å². The van der Waals surface area contributed by atoms with E-state index in [9.17, 15) is 9.90 Å². The molecule has 5 unspecified atom stereocenters. The van der Waals surface area contributed by atoms with Crippen LogP contribution in [-0.4, -0.2) is 33.6 Å². The van der Waals surface area contributed by atoms with E-state index < -0.39 is 0 Å². The van der Waals surface area contributed by atoms with Crippen molar-refractivity contribution in [1.29, 1.82) is 0 Å². The third-order valence-corrected chi connectivity index (χ3v) is 10.7. The van der Waals surface area contributed by atoms with Crippen LogP contribution in [0.4, 0.5) is 11.5 Å². The topological polar surface area (TPSA) is 84.3 Å². The third-order valence-electron chi connectivity index (χ3n) is 9.52. The highest BCUT2D eigenvalue weighted by Crippen LogP contribution is 2.65. The second kappa shape index (κ2) is 10.2. The Labute approximate surface area is 235 Å². The summed E-state index contributed by atoms with van der Waals surface area (Å²) < 4.78 is 6.07. The number of aromatic nitrogens is 2. The van der Waals surface area contributed by atoms with Crippen LogP contribution < -0.4 is 10.1 Å². The lowest BCUT2D eigenvalue weighted by molar-refractivity contribution is -0.125. The zero-order valence-corrected chi connectivity index (χ0v) is 24.7. The number of rotatable bonds is 8. The number of hydrogen-bond acceptors (Lipinski definition) is 7. The Bertz CT molecular complexity index is 1420. The van der Waals surface area contributed by atoms with Crippen molar-refractivity contribution in [1.82, 2.24) is 9.97 Å². The first-order valence-corrected chi connectivity index (χ1v) is 15.6. The number of carbonyl (C=O) groups excluding carboxylic acids is 1. The minimum absolute atomic E-state index is 0.0441. The van der Waals surface area contributed by atoms with Crippen molar-refractivity contribution in [2.24, 2.45) is 23.2 Å². The fraction of sp³-hybridized carbons (Fsp3) is 0.594. The maximum atomic E-state index is 13.6. The number of aliphatic hydroxyl groups excluding tert-OH is 1. The summed E-state index contributed by atoms with van der Waals surface area (Å²) in [6.45, 7) is 11.4. The molecule has 2 saturated carbocycles. The largest absolute Gasteiger partial charge is 0.492 e. The predicted octanol–water partition coefficient (Wildman–Crippen LogP) is 6.99. The van der Waals surface area contributed by atoms with Crippen LogP contribution in [0.25, 0.3) is 10.2 Å². The van der Waals surface area contributed by atoms with Crippen LogP contribution in [0.3, 0.4) is 0 Å². The van der Waals surface area contributed by atoms with E-state index in [1.54, 1.807) is 17.7 Å². The Morgan fingerprint density at radius 1 is 1.26 bits per heavy atom. The van der Waals surface area contributed by atoms with Crippen molar-refractivity contribution in [2.75, 3.05) is 11.9 Å². The van der Waals surface area contributed by atoms with Crippen LogP contribution in [0.1, 0.15) is 87.8 Å². The van der Waals surface area contributed by atoms with Crippen LogP contribution in [0, 0.1) is 23.2 Å². The number of ketones is 1. The first-order valence-electron chi connectivity index (χ1n) is 14.8. The number of aryl methyl sites for hydroxylation is 2. The van der Waals surface area contributed by atoms with E-state index in [1.165, 1.54) is 21.6 Å². The summed E-state index contributed by atoms with van der Waals surface area (Å²) in [4.78, 5) is 25.1. The van der Waals surface area contributed by atoms with Crippen molar-refractivity contribution in [2.45, 2.75) is 91.6 Å². The molecule has 0 bridgehead atoms. The maximum Gasteiger partial charge on any atom is 0.143 e. The Hall–Kier alpha value is -2.51. The molecule has 6 nitrogen and oxygen atoms in total. The Balaban J connectivity index is 1.28. The van der Waals surface area contributed by atoms with Gasteiger partial charge in [-0.05, 0) is 92.5 Å². The molecule has 6 rings (SSSR count). The molecule has 5 atom stereocenters. The molecule has 3 aliphatic rings. The highest BCUT2D eigenvalue weighted by atomic mass is 32.1. The van der Waals surface area contributed by atoms with Crippen molar-refractivity contribution >= 4 is 38.8 Å². The first-order chi connectivity index (χ1) is 18.8. The van der Waals surface area contributed by atoms with E-state index in [0.717, 1.165) is 72.4 Å². The smallest absolute Gasteiger partial charge is 0.143 e. The van der Waals surface area contributed by atoms with E-state index in [-0.39, 0.29) is 23.4 Å². The van der Waals surface area contributed by atoms with Gasteiger partial charge in [0.2, 0.25) is 0 Å². The summed E-state index contributed by atoms with van der Waals surface area (Å²) in [5.41, 5.74) is 4.73. The van der Waals surface area contributed by atoms with Crippen LogP contribution in [0.15, 0.2) is 18.5 Å². The van der Waals surface area contributed by atoms with Crippen molar-refractivity contribution in [3.05, 3.63) is 40.0 Å². The molecule has 2 heterocycles. The quantitative estimate of drug-likeness (QED) is 0.316. The number of nitrogens with zero attached hydrogens (tertiary/aromatic N) is 2. The van der Waals surface area contributed by atoms with Gasteiger partial charge in [0.25, 0.3) is 0 Å². The van der Waals surface area contributed by atoms with Gasteiger partial charge in [0.05, 0.1) is 23.8 Å². The highest BCUT2D eigenvalue weighted by Gasteiger charge is 2.65. The van der Waals surface area contributed by atoms with Gasteiger partial charge in [-0.1, -0.05) is 27.7 Å². The van der Waals surface area contributed by atoms with Gasteiger partial charge in [-0.3, -0.25) is 4.79 Å². The van der Waals surface area contributed by atoms with Gasteiger partial charge >= 0.3 is 0 Å². The predicted molar refractivity (Wildman–Crippen MR) is 157 cm³/mol. The maximum absolute atomic E-state index is 13.6. The second-order valence-corrected chi connectivity index (χ2v) is 13.5. The average molecular weight is 548 g/mol. The molecule has 208 valence electrons. The standard InChI is InChI=1S/C32H41N3O3S/c1-6-19-11-24(25(38-7-2)13-22(19)17(3)4)35-30-28-21-9-8-20(12-26(21)39-31(28)34-16-33-30)29(37)23-15-32(23)14-18(5)10-27(32)36/h11,13,16-18,20,23,27,36H,6-10,12,14-15H2,1-5H3,(H,33,34,35). The summed E-state index contributed by atoms with van der Waals surface area (Å²) in [6, 6.07) is 4.39. The van der Waals surface area contributed by atoms with Crippen LogP contribution in [0.5, 0.6) is 5.75 Å². The molecule has 39 heavy (non-hydrogen) atoms. The molecule has 0 amide bonds. The van der Waals surface area contributed by atoms with Crippen molar-refractivity contribution in [3.63, 3.8) is 0 Å². The van der Waals surface area contributed by atoms with Gasteiger partial charge in [-0.15, -0.1) is 11.3 Å². The molecular weight excluding hydrogens is 506 g/mol. The summed E-state index contributed by atoms with van der Waals surface area (Å²) in [5.74, 6) is 3.07. The van der Waals surface area contributed by atoms with Crippen LogP contribution in [0.2, 0.25) is 0 Å². The molecule has 0 radical (unpaired) electrons. The summed E-state index contributed by atoms with van der Waals surface area (Å²) in [7, 11) is 0. The minimum Gasteiger partial charge on any atom is -0.492 e. The molecule has 0 saturated heterocycles. The number of hydrogen-bond donors (Lipinski definition) is 2. The van der Waals surface area contributed by atoms with Gasteiger partial charge in [0.1, 0.15) is 28.5 Å². The first kappa shape index (κ1) is 26.7. The lowest BCUT2D eigenvalue weighted by Gasteiger charge is -2.23. The van der Waals surface area contributed by atoms with E-state index in [0.29, 0.717) is 24.2 Å². The molecule has 2 N–H and O–H groups in total. The van der Waals surface area contributed by atoms with Gasteiger partial charge in [-0.2, -0.15) is 0 Å². The van der Waals surface area contributed by atoms with Gasteiger partial charge < -0.3 is 15.2 Å². The fourth-order valence-electron chi connectivity index (χ4n) is 7.50. The Morgan fingerprint density at radius 2 is 2.08 bits per heavy atom.